The molecule has 0 spiro atoms. The summed E-state index contributed by atoms with van der Waals surface area (Å²) in [5.41, 5.74) is 17.8. The zero-order valence-corrected chi connectivity index (χ0v) is 17.9. The van der Waals surface area contributed by atoms with Crippen LogP contribution in [0.25, 0.3) is 32.7 Å². The van der Waals surface area contributed by atoms with Crippen molar-refractivity contribution < 1.29 is 4.39 Å². The van der Waals surface area contributed by atoms with Gasteiger partial charge in [-0.1, -0.05) is 30.3 Å². The van der Waals surface area contributed by atoms with Crippen molar-refractivity contribution in [3.63, 3.8) is 0 Å². The predicted molar refractivity (Wildman–Crippen MR) is 125 cm³/mol. The highest BCUT2D eigenvalue weighted by atomic mass is 32.1. The molecule has 160 valence electrons. The molecule has 4 aromatic heterocycles. The lowest BCUT2D eigenvalue weighted by atomic mass is 9.97. The Kier molecular flexibility index (Phi) is 5.48. The molecule has 5 aromatic rings. The van der Waals surface area contributed by atoms with Gasteiger partial charge in [-0.3, -0.25) is 4.98 Å². The standard InChI is InChI=1S/C24H21FN6S/c25-18-12-29-9-7-16(18)24-30-21-17(15-6-8-28-11-15)13-32-23(21)22(31-24)20(27)19(26)10-14-4-2-1-3-5-14/h1-9,11-13,19-20,28H,10,26-27H2. The van der Waals surface area contributed by atoms with E-state index in [0.29, 0.717) is 12.1 Å². The number of aromatic amines is 1. The molecule has 32 heavy (non-hydrogen) atoms. The third kappa shape index (κ3) is 3.80. The molecule has 4 heterocycles. The molecule has 0 aliphatic heterocycles. The third-order valence-corrected chi connectivity index (χ3v) is 6.45. The summed E-state index contributed by atoms with van der Waals surface area (Å²) in [6, 6.07) is 12.6. The Morgan fingerprint density at radius 1 is 1.03 bits per heavy atom. The minimum Gasteiger partial charge on any atom is -0.367 e. The molecule has 0 bridgehead atoms. The molecule has 0 fully saturated rings. The number of fused-ring (bicyclic) bond motifs is 1. The Hall–Kier alpha value is -3.46. The fourth-order valence-corrected chi connectivity index (χ4v) is 4.81. The van der Waals surface area contributed by atoms with E-state index in [1.54, 1.807) is 6.07 Å². The summed E-state index contributed by atoms with van der Waals surface area (Å²) >= 11 is 1.52. The fourth-order valence-electron chi connectivity index (χ4n) is 3.76. The van der Waals surface area contributed by atoms with Crippen LogP contribution in [0, 0.1) is 5.82 Å². The Morgan fingerprint density at radius 2 is 1.88 bits per heavy atom. The molecule has 6 nitrogen and oxygen atoms in total. The summed E-state index contributed by atoms with van der Waals surface area (Å²) in [6.07, 6.45) is 7.03. The predicted octanol–water partition coefficient (Wildman–Crippen LogP) is 4.46. The summed E-state index contributed by atoms with van der Waals surface area (Å²) in [5.74, 6) is -0.219. The van der Waals surface area contributed by atoms with Gasteiger partial charge in [0.2, 0.25) is 0 Å². The summed E-state index contributed by atoms with van der Waals surface area (Å²) < 4.78 is 15.4. The van der Waals surface area contributed by atoms with Crippen LogP contribution in [0.5, 0.6) is 0 Å². The van der Waals surface area contributed by atoms with E-state index in [-0.39, 0.29) is 17.4 Å². The van der Waals surface area contributed by atoms with Crippen molar-refractivity contribution >= 4 is 21.6 Å². The lowest BCUT2D eigenvalue weighted by Crippen LogP contribution is -2.36. The van der Waals surface area contributed by atoms with Crippen molar-refractivity contribution in [2.75, 3.05) is 0 Å². The van der Waals surface area contributed by atoms with Gasteiger partial charge in [-0.2, -0.15) is 0 Å². The summed E-state index contributed by atoms with van der Waals surface area (Å²) in [5, 5.41) is 2.02. The van der Waals surface area contributed by atoms with Crippen molar-refractivity contribution in [1.29, 1.82) is 0 Å². The summed E-state index contributed by atoms with van der Waals surface area (Å²) in [6.45, 7) is 0. The molecular weight excluding hydrogens is 423 g/mol. The van der Waals surface area contributed by atoms with E-state index in [9.17, 15) is 4.39 Å². The second-order valence-electron chi connectivity index (χ2n) is 7.59. The number of nitrogens with one attached hydrogen (secondary N) is 1. The van der Waals surface area contributed by atoms with Gasteiger partial charge >= 0.3 is 0 Å². The van der Waals surface area contributed by atoms with E-state index in [4.69, 9.17) is 21.4 Å². The van der Waals surface area contributed by atoms with Gasteiger partial charge in [0.25, 0.3) is 0 Å². The Balaban J connectivity index is 1.64. The molecular formula is C24H21FN6S. The summed E-state index contributed by atoms with van der Waals surface area (Å²) in [7, 11) is 0. The van der Waals surface area contributed by atoms with E-state index in [2.05, 4.69) is 9.97 Å². The first kappa shape index (κ1) is 20.4. The lowest BCUT2D eigenvalue weighted by molar-refractivity contribution is 0.536. The average Bonchev–Trinajstić information content (AvgIpc) is 3.48. The number of hydrogen-bond acceptors (Lipinski definition) is 6. The SMILES string of the molecule is NC(Cc1ccccc1)C(N)c1nc(-c2ccncc2F)nc2c(-c3cc[nH]c3)csc12. The maximum atomic E-state index is 14.6. The van der Waals surface area contributed by atoms with Gasteiger partial charge in [0.05, 0.1) is 33.7 Å². The quantitative estimate of drug-likeness (QED) is 0.359. The van der Waals surface area contributed by atoms with Gasteiger partial charge in [0.15, 0.2) is 11.6 Å². The second-order valence-corrected chi connectivity index (χ2v) is 8.47. The van der Waals surface area contributed by atoms with Crippen molar-refractivity contribution in [2.45, 2.75) is 18.5 Å². The molecule has 0 saturated carbocycles. The zero-order chi connectivity index (χ0) is 22.1. The van der Waals surface area contributed by atoms with Crippen LogP contribution in [0.3, 0.4) is 0 Å². The molecule has 0 radical (unpaired) electrons. The molecule has 0 saturated heterocycles. The number of halogens is 1. The number of rotatable bonds is 6. The summed E-state index contributed by atoms with van der Waals surface area (Å²) in [4.78, 5) is 16.3. The Morgan fingerprint density at radius 3 is 2.62 bits per heavy atom. The van der Waals surface area contributed by atoms with E-state index >= 15 is 0 Å². The normalized spacial score (nSPS) is 13.3. The highest BCUT2D eigenvalue weighted by Gasteiger charge is 2.25. The molecule has 2 unspecified atom stereocenters. The molecule has 0 aliphatic carbocycles. The lowest BCUT2D eigenvalue weighted by Gasteiger charge is -2.21. The van der Waals surface area contributed by atoms with Crippen LogP contribution in [-0.4, -0.2) is 26.0 Å². The van der Waals surface area contributed by atoms with Crippen molar-refractivity contribution in [3.8, 4) is 22.5 Å². The van der Waals surface area contributed by atoms with Crippen molar-refractivity contribution in [3.05, 3.63) is 89.7 Å². The number of nitrogens with two attached hydrogens (primary N) is 2. The second kappa shape index (κ2) is 8.58. The number of thiophene rings is 1. The van der Waals surface area contributed by atoms with Crippen LogP contribution < -0.4 is 11.5 Å². The molecule has 1 aromatic carbocycles. The van der Waals surface area contributed by atoms with E-state index in [1.165, 1.54) is 17.5 Å². The molecule has 0 aliphatic rings. The molecule has 5 N–H and O–H groups in total. The minimum absolute atomic E-state index is 0.268. The number of benzene rings is 1. The van der Waals surface area contributed by atoms with E-state index in [0.717, 1.165) is 33.1 Å². The Bertz CT molecular complexity index is 1350. The van der Waals surface area contributed by atoms with Crippen molar-refractivity contribution in [1.82, 2.24) is 19.9 Å². The van der Waals surface area contributed by atoms with Gasteiger partial charge in [0.1, 0.15) is 0 Å². The number of aromatic nitrogens is 4. The molecule has 2 atom stereocenters. The van der Waals surface area contributed by atoms with Crippen LogP contribution in [0.2, 0.25) is 0 Å². The van der Waals surface area contributed by atoms with E-state index < -0.39 is 11.9 Å². The van der Waals surface area contributed by atoms with Gasteiger partial charge in [0, 0.05) is 41.1 Å². The number of nitrogens with zero attached hydrogens (tertiary/aromatic N) is 3. The highest BCUT2D eigenvalue weighted by Crippen LogP contribution is 2.37. The van der Waals surface area contributed by atoms with Crippen molar-refractivity contribution in [2.24, 2.45) is 11.5 Å². The molecule has 5 rings (SSSR count). The average molecular weight is 445 g/mol. The van der Waals surface area contributed by atoms with Gasteiger partial charge in [-0.15, -0.1) is 11.3 Å². The molecule has 0 amide bonds. The largest absolute Gasteiger partial charge is 0.367 e. The monoisotopic (exact) mass is 444 g/mol. The molecule has 8 heteroatoms. The highest BCUT2D eigenvalue weighted by molar-refractivity contribution is 7.17. The fraction of sp³-hybridized carbons (Fsp3) is 0.125. The first-order valence-corrected chi connectivity index (χ1v) is 11.1. The first-order chi connectivity index (χ1) is 15.6. The van der Waals surface area contributed by atoms with Crippen LogP contribution in [0.4, 0.5) is 4.39 Å². The maximum absolute atomic E-state index is 14.6. The van der Waals surface area contributed by atoms with Gasteiger partial charge in [-0.25, -0.2) is 14.4 Å². The van der Waals surface area contributed by atoms with Gasteiger partial charge < -0.3 is 16.5 Å². The smallest absolute Gasteiger partial charge is 0.163 e. The van der Waals surface area contributed by atoms with Crippen LogP contribution in [-0.2, 0) is 6.42 Å². The van der Waals surface area contributed by atoms with Gasteiger partial charge in [-0.05, 0) is 24.1 Å². The Labute approximate surface area is 188 Å². The minimum atomic E-state index is -0.554. The van der Waals surface area contributed by atoms with Crippen LogP contribution in [0.15, 0.2) is 72.6 Å². The number of pyridine rings is 1. The number of H-pyrrole nitrogens is 1. The van der Waals surface area contributed by atoms with Crippen LogP contribution >= 0.6 is 11.3 Å². The first-order valence-electron chi connectivity index (χ1n) is 10.2. The zero-order valence-electron chi connectivity index (χ0n) is 17.1. The maximum Gasteiger partial charge on any atom is 0.163 e. The van der Waals surface area contributed by atoms with Crippen LogP contribution in [0.1, 0.15) is 17.3 Å². The topological polar surface area (TPSA) is 106 Å². The van der Waals surface area contributed by atoms with E-state index in [1.807, 2.05) is 54.2 Å². The number of hydrogen-bond donors (Lipinski definition) is 3. The third-order valence-electron chi connectivity index (χ3n) is 5.46.